The van der Waals surface area contributed by atoms with Gasteiger partial charge in [0.05, 0.1) is 11.6 Å². The van der Waals surface area contributed by atoms with Crippen LogP contribution in [-0.4, -0.2) is 0 Å². The summed E-state index contributed by atoms with van der Waals surface area (Å²) in [6.45, 7) is 4.99. The fourth-order valence-electron chi connectivity index (χ4n) is 7.59. The van der Waals surface area contributed by atoms with Gasteiger partial charge in [0.15, 0.2) is 0 Å². The lowest BCUT2D eigenvalue weighted by molar-refractivity contribution is 0.0426. The number of hydrogen-bond acceptors (Lipinski definition) is 2. The van der Waals surface area contributed by atoms with Crippen molar-refractivity contribution in [1.29, 1.82) is 5.26 Å². The van der Waals surface area contributed by atoms with Gasteiger partial charge in [0.2, 0.25) is 0 Å². The van der Waals surface area contributed by atoms with Crippen molar-refractivity contribution in [1.82, 2.24) is 0 Å². The molecule has 0 aromatic heterocycles. The lowest BCUT2D eigenvalue weighted by atomic mass is 9.49. The van der Waals surface area contributed by atoms with Crippen molar-refractivity contribution < 1.29 is 0 Å². The van der Waals surface area contributed by atoms with E-state index in [1.165, 1.54) is 36.8 Å². The van der Waals surface area contributed by atoms with Gasteiger partial charge in [-0.15, -0.1) is 0 Å². The van der Waals surface area contributed by atoms with Crippen molar-refractivity contribution in [3.05, 3.63) is 83.4 Å². The molecule has 0 aliphatic heterocycles. The summed E-state index contributed by atoms with van der Waals surface area (Å²) in [5.41, 5.74) is 8.91. The van der Waals surface area contributed by atoms with Crippen molar-refractivity contribution in [2.75, 3.05) is 5.32 Å². The molecule has 1 N–H and O–H groups in total. The first-order chi connectivity index (χ1) is 15.6. The molecule has 3 aliphatic rings. The monoisotopic (exact) mass is 418 g/mol. The molecular weight excluding hydrogens is 388 g/mol. The van der Waals surface area contributed by atoms with Crippen LogP contribution in [0, 0.1) is 35.0 Å². The third-order valence-electron chi connectivity index (χ3n) is 8.58. The molecule has 2 bridgehead atoms. The second kappa shape index (κ2) is 7.24. The molecule has 5 unspecified atom stereocenters. The van der Waals surface area contributed by atoms with Gasteiger partial charge in [0.25, 0.3) is 0 Å². The second-order valence-corrected chi connectivity index (χ2v) is 10.5. The van der Waals surface area contributed by atoms with Gasteiger partial charge >= 0.3 is 0 Å². The Balaban J connectivity index is 1.46. The number of nitriles is 1. The van der Waals surface area contributed by atoms with Crippen molar-refractivity contribution in [2.24, 2.45) is 23.7 Å². The second-order valence-electron chi connectivity index (χ2n) is 10.5. The van der Waals surface area contributed by atoms with Crippen LogP contribution in [0.5, 0.6) is 0 Å². The van der Waals surface area contributed by atoms with Crippen LogP contribution in [-0.2, 0) is 5.41 Å². The summed E-state index contributed by atoms with van der Waals surface area (Å²) < 4.78 is 0. The zero-order valence-electron chi connectivity index (χ0n) is 18.9. The van der Waals surface area contributed by atoms with Gasteiger partial charge < -0.3 is 5.32 Å². The molecule has 2 nitrogen and oxygen atoms in total. The Morgan fingerprint density at radius 2 is 1.56 bits per heavy atom. The maximum atomic E-state index is 9.07. The topological polar surface area (TPSA) is 35.8 Å². The highest BCUT2D eigenvalue weighted by Gasteiger charge is 2.56. The Kier molecular flexibility index (Phi) is 4.44. The molecule has 3 aliphatic carbocycles. The van der Waals surface area contributed by atoms with Gasteiger partial charge in [-0.3, -0.25) is 0 Å². The van der Waals surface area contributed by atoms with Gasteiger partial charge in [-0.1, -0.05) is 44.2 Å². The molecule has 32 heavy (non-hydrogen) atoms. The molecule has 3 aromatic rings. The van der Waals surface area contributed by atoms with E-state index in [2.05, 4.69) is 67.7 Å². The van der Waals surface area contributed by atoms with E-state index in [-0.39, 0.29) is 5.41 Å². The van der Waals surface area contributed by atoms with Gasteiger partial charge in [-0.2, -0.15) is 5.26 Å². The zero-order chi connectivity index (χ0) is 21.9. The van der Waals surface area contributed by atoms with Crippen LogP contribution in [0.2, 0.25) is 0 Å². The molecular formula is C30H30N2. The van der Waals surface area contributed by atoms with E-state index in [1.54, 1.807) is 11.1 Å². The Bertz CT molecular complexity index is 1210. The quantitative estimate of drug-likeness (QED) is 0.464. The molecule has 0 heterocycles. The van der Waals surface area contributed by atoms with E-state index in [1.807, 2.05) is 24.3 Å². The van der Waals surface area contributed by atoms with Crippen LogP contribution in [0.25, 0.3) is 11.1 Å². The molecule has 0 amide bonds. The minimum atomic E-state index is 0.157. The first-order valence-corrected chi connectivity index (χ1v) is 12.1. The van der Waals surface area contributed by atoms with Crippen molar-refractivity contribution >= 4 is 11.4 Å². The number of rotatable bonds is 2. The van der Waals surface area contributed by atoms with Crippen LogP contribution in [0.15, 0.2) is 66.7 Å². The standard InChI is InChI=1S/C30H30N2/c1-19-13-22-15-20(2)30(23(14-19)16-22)28-6-4-3-5-26(28)27-17-25(11-12-29(27)30)32-24-9-7-21(18-31)8-10-24/h3-12,17,19-20,22-23,32H,13-16H2,1-2H3. The van der Waals surface area contributed by atoms with Crippen LogP contribution in [0.4, 0.5) is 11.4 Å². The van der Waals surface area contributed by atoms with Crippen LogP contribution >= 0.6 is 0 Å². The van der Waals surface area contributed by atoms with Gasteiger partial charge in [0.1, 0.15) is 0 Å². The summed E-state index contributed by atoms with van der Waals surface area (Å²) >= 11 is 0. The van der Waals surface area contributed by atoms with E-state index in [4.69, 9.17) is 5.26 Å². The normalized spacial score (nSPS) is 29.8. The maximum Gasteiger partial charge on any atom is 0.0991 e. The lowest BCUT2D eigenvalue weighted by Crippen LogP contribution is -2.49. The fourth-order valence-corrected chi connectivity index (χ4v) is 7.59. The molecule has 3 aromatic carbocycles. The van der Waals surface area contributed by atoms with E-state index >= 15 is 0 Å². The van der Waals surface area contributed by atoms with E-state index < -0.39 is 0 Å². The molecule has 6 rings (SSSR count). The van der Waals surface area contributed by atoms with Gasteiger partial charge in [-0.25, -0.2) is 0 Å². The third-order valence-corrected chi connectivity index (χ3v) is 8.58. The zero-order valence-corrected chi connectivity index (χ0v) is 18.9. The van der Waals surface area contributed by atoms with Crippen molar-refractivity contribution in [2.45, 2.75) is 44.9 Å². The Labute approximate surface area is 191 Å². The summed E-state index contributed by atoms with van der Waals surface area (Å²) in [6.07, 6.45) is 5.49. The third kappa shape index (κ3) is 2.77. The Morgan fingerprint density at radius 3 is 2.38 bits per heavy atom. The maximum absolute atomic E-state index is 9.07. The summed E-state index contributed by atoms with van der Waals surface area (Å²) in [5.74, 6) is 3.13. The summed E-state index contributed by atoms with van der Waals surface area (Å²) in [7, 11) is 0. The minimum Gasteiger partial charge on any atom is -0.356 e. The largest absolute Gasteiger partial charge is 0.356 e. The molecule has 2 saturated carbocycles. The van der Waals surface area contributed by atoms with Gasteiger partial charge in [0, 0.05) is 16.8 Å². The first-order valence-electron chi connectivity index (χ1n) is 12.1. The average molecular weight is 419 g/mol. The molecule has 1 spiro atoms. The molecule has 2 heteroatoms. The van der Waals surface area contributed by atoms with Gasteiger partial charge in [-0.05, 0) is 108 Å². The number of fused-ring (bicyclic) bond motifs is 8. The first kappa shape index (κ1) is 19.6. The van der Waals surface area contributed by atoms with E-state index in [9.17, 15) is 0 Å². The highest BCUT2D eigenvalue weighted by atomic mass is 14.9. The van der Waals surface area contributed by atoms with E-state index in [0.717, 1.165) is 29.1 Å². The summed E-state index contributed by atoms with van der Waals surface area (Å²) in [6, 6.07) is 26.1. The number of hydrogen-bond donors (Lipinski definition) is 1. The highest BCUT2D eigenvalue weighted by molar-refractivity contribution is 5.84. The van der Waals surface area contributed by atoms with Crippen LogP contribution in [0.3, 0.4) is 0 Å². The number of benzene rings is 3. The molecule has 2 fully saturated rings. The molecule has 0 radical (unpaired) electrons. The molecule has 0 saturated heterocycles. The molecule has 5 atom stereocenters. The number of anilines is 2. The van der Waals surface area contributed by atoms with Crippen molar-refractivity contribution in [3.63, 3.8) is 0 Å². The average Bonchev–Trinajstić information content (AvgIpc) is 3.09. The predicted molar refractivity (Wildman–Crippen MR) is 131 cm³/mol. The SMILES string of the molecule is CC1CC2CC(C)C3(c4ccccc4-c4cc(Nc5ccc(C#N)cc5)ccc43)C(C1)C2. The molecule has 160 valence electrons. The summed E-state index contributed by atoms with van der Waals surface area (Å²) in [5, 5.41) is 12.6. The van der Waals surface area contributed by atoms with Crippen LogP contribution in [0.1, 0.15) is 56.2 Å². The van der Waals surface area contributed by atoms with E-state index in [0.29, 0.717) is 11.5 Å². The van der Waals surface area contributed by atoms with Crippen molar-refractivity contribution in [3.8, 4) is 17.2 Å². The lowest BCUT2D eigenvalue weighted by Gasteiger charge is -2.54. The summed E-state index contributed by atoms with van der Waals surface area (Å²) in [4.78, 5) is 0. The Hall–Kier alpha value is -3.05. The smallest absolute Gasteiger partial charge is 0.0991 e. The number of nitrogens with one attached hydrogen (secondary N) is 1. The number of nitrogens with zero attached hydrogens (tertiary/aromatic N) is 1. The minimum absolute atomic E-state index is 0.157. The fraction of sp³-hybridized carbons (Fsp3) is 0.367. The van der Waals surface area contributed by atoms with Crippen LogP contribution < -0.4 is 5.32 Å². The predicted octanol–water partition coefficient (Wildman–Crippen LogP) is 7.66. The Morgan fingerprint density at radius 1 is 0.812 bits per heavy atom. The highest BCUT2D eigenvalue weighted by Crippen LogP contribution is 2.64.